The third kappa shape index (κ3) is 4.25. The van der Waals surface area contributed by atoms with E-state index in [0.717, 1.165) is 53.2 Å². The Bertz CT molecular complexity index is 1390. The van der Waals surface area contributed by atoms with Crippen molar-refractivity contribution in [2.24, 2.45) is 4.99 Å². The van der Waals surface area contributed by atoms with E-state index in [1.54, 1.807) is 6.20 Å². The topological polar surface area (TPSA) is 88.2 Å². The Labute approximate surface area is 203 Å². The van der Waals surface area contributed by atoms with Gasteiger partial charge in [0.25, 0.3) is 0 Å². The van der Waals surface area contributed by atoms with Crippen molar-refractivity contribution >= 4 is 12.0 Å². The predicted molar refractivity (Wildman–Crippen MR) is 134 cm³/mol. The van der Waals surface area contributed by atoms with E-state index in [1.807, 2.05) is 35.3 Å². The van der Waals surface area contributed by atoms with Crippen molar-refractivity contribution in [3.63, 3.8) is 0 Å². The molecule has 0 saturated carbocycles. The van der Waals surface area contributed by atoms with Crippen molar-refractivity contribution in [3.05, 3.63) is 83.7 Å². The van der Waals surface area contributed by atoms with Gasteiger partial charge in [0, 0.05) is 48.6 Å². The minimum Gasteiger partial charge on any atom is -0.489 e. The molecule has 6 rings (SSSR count). The maximum Gasteiger partial charge on any atom is 0.137 e. The van der Waals surface area contributed by atoms with Crippen molar-refractivity contribution in [1.82, 2.24) is 14.8 Å². The fourth-order valence-corrected chi connectivity index (χ4v) is 4.82. The molecule has 0 bridgehead atoms. The Morgan fingerprint density at radius 1 is 1.09 bits per heavy atom. The molecular formula is C28H25N5O2. The summed E-state index contributed by atoms with van der Waals surface area (Å²) in [5.41, 5.74) is 5.92. The van der Waals surface area contributed by atoms with E-state index < -0.39 is 0 Å². The molecule has 0 amide bonds. The highest BCUT2D eigenvalue weighted by Crippen LogP contribution is 2.41. The molecule has 1 saturated heterocycles. The van der Waals surface area contributed by atoms with Gasteiger partial charge in [-0.05, 0) is 53.9 Å². The van der Waals surface area contributed by atoms with E-state index in [0.29, 0.717) is 24.5 Å². The first kappa shape index (κ1) is 21.4. The van der Waals surface area contributed by atoms with Gasteiger partial charge >= 0.3 is 0 Å². The molecule has 4 heterocycles. The number of benzene rings is 2. The Morgan fingerprint density at radius 3 is 2.71 bits per heavy atom. The van der Waals surface area contributed by atoms with Gasteiger partial charge in [-0.1, -0.05) is 18.2 Å². The van der Waals surface area contributed by atoms with Crippen molar-refractivity contribution in [3.8, 4) is 28.8 Å². The quantitative estimate of drug-likeness (QED) is 0.421. The van der Waals surface area contributed by atoms with E-state index in [2.05, 4.69) is 57.5 Å². The highest BCUT2D eigenvalue weighted by Gasteiger charge is 2.24. The fraction of sp³-hybridized carbons (Fsp3) is 0.250. The van der Waals surface area contributed by atoms with E-state index >= 15 is 0 Å². The summed E-state index contributed by atoms with van der Waals surface area (Å²) in [6.45, 7) is 1.41. The lowest BCUT2D eigenvalue weighted by molar-refractivity contribution is 0.0254. The lowest BCUT2D eigenvalue weighted by Crippen LogP contribution is -2.26. The van der Waals surface area contributed by atoms with Crippen LogP contribution in [-0.2, 0) is 4.74 Å². The van der Waals surface area contributed by atoms with Crippen LogP contribution in [-0.4, -0.2) is 40.3 Å². The molecule has 0 spiro atoms. The molecule has 0 aliphatic carbocycles. The summed E-state index contributed by atoms with van der Waals surface area (Å²) in [7, 11) is 0. The maximum atomic E-state index is 9.82. The van der Waals surface area contributed by atoms with Crippen LogP contribution >= 0.6 is 0 Å². The molecule has 1 fully saturated rings. The van der Waals surface area contributed by atoms with Crippen molar-refractivity contribution in [2.75, 3.05) is 13.2 Å². The van der Waals surface area contributed by atoms with Gasteiger partial charge in [-0.25, -0.2) is 9.67 Å². The van der Waals surface area contributed by atoms with Crippen LogP contribution < -0.4 is 4.74 Å². The number of hydrogen-bond acceptors (Lipinski definition) is 5. The molecule has 35 heavy (non-hydrogen) atoms. The number of aliphatic imine (C=N–C) groups is 1. The standard InChI is InChI=1S/C28H25N5O2/c29-18-21-16-20(4-7-27(21)35-23-9-14-34-15-10-23)24-8-12-30-28-25(24)17-26(32-28)19-2-5-22(6-3-19)33-13-1-11-31-33/h1-7,11-13,16-17,23-24,32H,8-10,14-15H2. The Balaban J connectivity index is 1.27. The highest BCUT2D eigenvalue weighted by atomic mass is 16.5. The second kappa shape index (κ2) is 9.24. The van der Waals surface area contributed by atoms with Gasteiger partial charge in [0.1, 0.15) is 23.7 Å². The summed E-state index contributed by atoms with van der Waals surface area (Å²) in [6.07, 6.45) is 8.24. The second-order valence-electron chi connectivity index (χ2n) is 8.88. The third-order valence-electron chi connectivity index (χ3n) is 6.70. The first-order valence-electron chi connectivity index (χ1n) is 11.9. The number of nitrogens with one attached hydrogen (secondary N) is 1. The number of fused-ring (bicyclic) bond motifs is 1. The van der Waals surface area contributed by atoms with Gasteiger partial charge in [-0.15, -0.1) is 0 Å². The lowest BCUT2D eigenvalue weighted by atomic mass is 9.87. The number of hydrogen-bond donors (Lipinski definition) is 1. The number of ether oxygens (including phenoxy) is 2. The van der Waals surface area contributed by atoms with Gasteiger partial charge in [0.2, 0.25) is 0 Å². The van der Waals surface area contributed by atoms with Crippen molar-refractivity contribution < 1.29 is 9.47 Å². The van der Waals surface area contributed by atoms with Crippen LogP contribution in [0.25, 0.3) is 16.9 Å². The molecular weight excluding hydrogens is 438 g/mol. The minimum atomic E-state index is 0.0991. The summed E-state index contributed by atoms with van der Waals surface area (Å²) >= 11 is 0. The molecule has 2 aromatic carbocycles. The number of aromatic nitrogens is 3. The Kier molecular flexibility index (Phi) is 5.65. The van der Waals surface area contributed by atoms with Crippen LogP contribution in [0.3, 0.4) is 0 Å². The maximum absolute atomic E-state index is 9.82. The first-order chi connectivity index (χ1) is 17.3. The van der Waals surface area contributed by atoms with Crippen LogP contribution in [0, 0.1) is 11.3 Å². The van der Waals surface area contributed by atoms with E-state index in [1.165, 1.54) is 0 Å². The van der Waals surface area contributed by atoms with Crippen LogP contribution in [0.4, 0.5) is 5.82 Å². The number of aromatic amines is 1. The van der Waals surface area contributed by atoms with E-state index in [4.69, 9.17) is 9.47 Å². The lowest BCUT2D eigenvalue weighted by Gasteiger charge is -2.24. The van der Waals surface area contributed by atoms with Gasteiger partial charge in [0.15, 0.2) is 0 Å². The normalized spacial score (nSPS) is 17.6. The van der Waals surface area contributed by atoms with Gasteiger partial charge in [-0.2, -0.15) is 10.4 Å². The molecule has 2 aliphatic heterocycles. The molecule has 1 unspecified atom stereocenters. The highest BCUT2D eigenvalue weighted by molar-refractivity contribution is 5.75. The summed E-state index contributed by atoms with van der Waals surface area (Å²) in [6, 6.07) is 20.7. The average Bonchev–Trinajstić information content (AvgIpc) is 3.60. The number of rotatable bonds is 5. The molecule has 1 atom stereocenters. The molecule has 1 N–H and O–H groups in total. The minimum absolute atomic E-state index is 0.0991. The Morgan fingerprint density at radius 2 is 1.94 bits per heavy atom. The zero-order valence-corrected chi connectivity index (χ0v) is 19.2. The molecule has 2 aromatic heterocycles. The van der Waals surface area contributed by atoms with Crippen LogP contribution in [0.2, 0.25) is 0 Å². The van der Waals surface area contributed by atoms with Gasteiger partial charge < -0.3 is 14.5 Å². The van der Waals surface area contributed by atoms with Gasteiger partial charge in [-0.3, -0.25) is 0 Å². The average molecular weight is 464 g/mol. The zero-order valence-electron chi connectivity index (χ0n) is 19.2. The molecule has 7 heteroatoms. The second-order valence-corrected chi connectivity index (χ2v) is 8.88. The summed E-state index contributed by atoms with van der Waals surface area (Å²) in [4.78, 5) is 8.09. The van der Waals surface area contributed by atoms with Crippen LogP contribution in [0.5, 0.6) is 5.75 Å². The Hall–Kier alpha value is -4.15. The third-order valence-corrected chi connectivity index (χ3v) is 6.70. The predicted octanol–water partition coefficient (Wildman–Crippen LogP) is 5.53. The van der Waals surface area contributed by atoms with Crippen LogP contribution in [0.15, 0.2) is 72.0 Å². The van der Waals surface area contributed by atoms with E-state index in [9.17, 15) is 5.26 Å². The van der Waals surface area contributed by atoms with Crippen molar-refractivity contribution in [1.29, 1.82) is 5.26 Å². The summed E-state index contributed by atoms with van der Waals surface area (Å²) in [5.74, 6) is 1.65. The SMILES string of the molecule is N#Cc1cc(C2CC=Nc3[nH]c(-c4ccc(-n5cccn5)cc4)cc32)ccc1OC1CCOCC1. The molecule has 7 nitrogen and oxygen atoms in total. The smallest absolute Gasteiger partial charge is 0.137 e. The number of nitriles is 1. The van der Waals surface area contributed by atoms with Gasteiger partial charge in [0.05, 0.1) is 24.5 Å². The summed E-state index contributed by atoms with van der Waals surface area (Å²) < 4.78 is 13.4. The molecule has 174 valence electrons. The largest absolute Gasteiger partial charge is 0.489 e. The van der Waals surface area contributed by atoms with Crippen molar-refractivity contribution in [2.45, 2.75) is 31.3 Å². The number of H-pyrrole nitrogens is 1. The van der Waals surface area contributed by atoms with E-state index in [-0.39, 0.29) is 12.0 Å². The zero-order chi connectivity index (χ0) is 23.6. The molecule has 0 radical (unpaired) electrons. The summed E-state index contributed by atoms with van der Waals surface area (Å²) in [5, 5.41) is 14.1. The number of nitrogens with zero attached hydrogens (tertiary/aromatic N) is 4. The first-order valence-corrected chi connectivity index (χ1v) is 11.9. The fourth-order valence-electron chi connectivity index (χ4n) is 4.82. The monoisotopic (exact) mass is 463 g/mol. The van der Waals surface area contributed by atoms with Crippen LogP contribution in [0.1, 0.15) is 41.9 Å². The molecule has 2 aliphatic rings. The molecule has 4 aromatic rings.